The Balaban J connectivity index is 1.45. The third-order valence-corrected chi connectivity index (χ3v) is 5.07. The van der Waals surface area contributed by atoms with Gasteiger partial charge in [0.25, 0.3) is 0 Å². The SMILES string of the molecule is CCCCCCN1C[C@@H]2[C@@H](C1)[C@H]1C=C[C@H]2C1. The maximum absolute atomic E-state index is 2.75. The molecule has 2 fully saturated rings. The van der Waals surface area contributed by atoms with Crippen LogP contribution in [0.1, 0.15) is 39.0 Å². The molecule has 2 bridgehead atoms. The van der Waals surface area contributed by atoms with E-state index >= 15 is 0 Å². The summed E-state index contributed by atoms with van der Waals surface area (Å²) in [6.07, 6.45) is 12.1. The standard InChI is InChI=1S/C15H25N/c1-2-3-4-5-8-16-10-14-12-6-7-13(9-12)15(14)11-16/h6-7,12-15H,2-5,8-11H2,1H3/t12-,13-,14-,15-/m0/s1. The highest BCUT2D eigenvalue weighted by molar-refractivity contribution is 5.16. The average molecular weight is 219 g/mol. The van der Waals surface area contributed by atoms with Gasteiger partial charge < -0.3 is 4.90 Å². The van der Waals surface area contributed by atoms with Crippen LogP contribution in [0.5, 0.6) is 0 Å². The maximum atomic E-state index is 2.75. The Morgan fingerprint density at radius 2 is 1.69 bits per heavy atom. The molecule has 4 atom stereocenters. The van der Waals surface area contributed by atoms with Gasteiger partial charge in [-0.15, -0.1) is 0 Å². The zero-order chi connectivity index (χ0) is 11.0. The molecule has 1 nitrogen and oxygen atoms in total. The second kappa shape index (κ2) is 4.52. The van der Waals surface area contributed by atoms with Crippen molar-refractivity contribution in [2.45, 2.75) is 39.0 Å². The van der Waals surface area contributed by atoms with Crippen molar-refractivity contribution in [1.29, 1.82) is 0 Å². The van der Waals surface area contributed by atoms with Crippen LogP contribution in [0.25, 0.3) is 0 Å². The van der Waals surface area contributed by atoms with Crippen LogP contribution >= 0.6 is 0 Å². The Morgan fingerprint density at radius 1 is 1.00 bits per heavy atom. The van der Waals surface area contributed by atoms with E-state index in [-0.39, 0.29) is 0 Å². The van der Waals surface area contributed by atoms with Gasteiger partial charge in [-0.3, -0.25) is 0 Å². The molecule has 3 aliphatic rings. The van der Waals surface area contributed by atoms with Gasteiger partial charge in [-0.2, -0.15) is 0 Å². The zero-order valence-electron chi connectivity index (χ0n) is 10.6. The molecule has 0 radical (unpaired) electrons. The highest BCUT2D eigenvalue weighted by atomic mass is 15.2. The molecule has 0 aromatic rings. The van der Waals surface area contributed by atoms with Crippen molar-refractivity contribution in [2.75, 3.05) is 19.6 Å². The first-order valence-corrected chi connectivity index (χ1v) is 7.29. The summed E-state index contributed by atoms with van der Waals surface area (Å²) in [5.41, 5.74) is 0. The quantitative estimate of drug-likeness (QED) is 0.506. The van der Waals surface area contributed by atoms with Crippen LogP contribution in [0.4, 0.5) is 0 Å². The number of allylic oxidation sites excluding steroid dienone is 2. The van der Waals surface area contributed by atoms with E-state index < -0.39 is 0 Å². The van der Waals surface area contributed by atoms with Crippen LogP contribution < -0.4 is 0 Å². The lowest BCUT2D eigenvalue weighted by Gasteiger charge is -2.17. The van der Waals surface area contributed by atoms with Gasteiger partial charge in [-0.25, -0.2) is 0 Å². The summed E-state index contributed by atoms with van der Waals surface area (Å²) in [6.45, 7) is 6.47. The maximum Gasteiger partial charge on any atom is 0.00188 e. The Morgan fingerprint density at radius 3 is 2.31 bits per heavy atom. The third kappa shape index (κ3) is 1.84. The van der Waals surface area contributed by atoms with E-state index in [2.05, 4.69) is 24.0 Å². The van der Waals surface area contributed by atoms with Gasteiger partial charge in [0.15, 0.2) is 0 Å². The molecule has 1 heterocycles. The first-order valence-electron chi connectivity index (χ1n) is 7.29. The normalized spacial score (nSPS) is 40.8. The van der Waals surface area contributed by atoms with Crippen LogP contribution in [-0.4, -0.2) is 24.5 Å². The summed E-state index contributed by atoms with van der Waals surface area (Å²) in [7, 11) is 0. The van der Waals surface area contributed by atoms with Crippen LogP contribution in [0, 0.1) is 23.7 Å². The van der Waals surface area contributed by atoms with Crippen molar-refractivity contribution in [1.82, 2.24) is 4.90 Å². The minimum absolute atomic E-state index is 0.954. The summed E-state index contributed by atoms with van der Waals surface area (Å²) >= 11 is 0. The Labute approximate surface area is 99.9 Å². The van der Waals surface area contributed by atoms with E-state index in [1.165, 1.54) is 51.7 Å². The Kier molecular flexibility index (Phi) is 3.06. The molecule has 0 N–H and O–H groups in total. The van der Waals surface area contributed by atoms with Gasteiger partial charge in [0.05, 0.1) is 0 Å². The molecule has 1 heteroatoms. The van der Waals surface area contributed by atoms with E-state index in [0.29, 0.717) is 0 Å². The van der Waals surface area contributed by atoms with E-state index in [9.17, 15) is 0 Å². The second-order valence-corrected chi connectivity index (χ2v) is 6.10. The molecule has 0 aromatic carbocycles. The van der Waals surface area contributed by atoms with E-state index in [0.717, 1.165) is 23.7 Å². The van der Waals surface area contributed by atoms with Gasteiger partial charge in [-0.1, -0.05) is 38.3 Å². The second-order valence-electron chi connectivity index (χ2n) is 6.10. The molecule has 16 heavy (non-hydrogen) atoms. The molecule has 0 unspecified atom stereocenters. The summed E-state index contributed by atoms with van der Waals surface area (Å²) in [6, 6.07) is 0. The van der Waals surface area contributed by atoms with Crippen molar-refractivity contribution in [3.63, 3.8) is 0 Å². The fourth-order valence-corrected chi connectivity index (χ4v) is 4.18. The van der Waals surface area contributed by atoms with Gasteiger partial charge in [0.1, 0.15) is 0 Å². The Hall–Kier alpha value is -0.300. The molecular weight excluding hydrogens is 194 g/mol. The highest BCUT2D eigenvalue weighted by Gasteiger charge is 2.48. The number of unbranched alkanes of at least 4 members (excludes halogenated alkanes) is 3. The largest absolute Gasteiger partial charge is 0.303 e. The van der Waals surface area contributed by atoms with Gasteiger partial charge in [-0.05, 0) is 43.1 Å². The fourth-order valence-electron chi connectivity index (χ4n) is 4.18. The number of likely N-dealkylation sites (tertiary alicyclic amines) is 1. The number of nitrogens with zero attached hydrogens (tertiary/aromatic N) is 1. The smallest absolute Gasteiger partial charge is 0.00188 e. The fraction of sp³-hybridized carbons (Fsp3) is 0.867. The van der Waals surface area contributed by atoms with E-state index in [4.69, 9.17) is 0 Å². The minimum atomic E-state index is 0.954. The monoisotopic (exact) mass is 219 g/mol. The molecule has 0 aromatic heterocycles. The molecular formula is C15H25N. The van der Waals surface area contributed by atoms with Crippen molar-refractivity contribution >= 4 is 0 Å². The zero-order valence-corrected chi connectivity index (χ0v) is 10.6. The van der Waals surface area contributed by atoms with Crippen molar-refractivity contribution in [2.24, 2.45) is 23.7 Å². The predicted molar refractivity (Wildman–Crippen MR) is 68.3 cm³/mol. The van der Waals surface area contributed by atoms with Crippen molar-refractivity contribution < 1.29 is 0 Å². The average Bonchev–Trinajstić information content (AvgIpc) is 2.95. The van der Waals surface area contributed by atoms with Crippen LogP contribution in [-0.2, 0) is 0 Å². The van der Waals surface area contributed by atoms with Crippen molar-refractivity contribution in [3.8, 4) is 0 Å². The van der Waals surface area contributed by atoms with E-state index in [1.54, 1.807) is 0 Å². The molecule has 2 aliphatic carbocycles. The topological polar surface area (TPSA) is 3.24 Å². The number of rotatable bonds is 5. The first-order chi connectivity index (χ1) is 7.88. The summed E-state index contributed by atoms with van der Waals surface area (Å²) in [4.78, 5) is 2.75. The first kappa shape index (κ1) is 10.8. The van der Waals surface area contributed by atoms with E-state index in [1.807, 2.05) is 0 Å². The molecule has 90 valence electrons. The lowest BCUT2D eigenvalue weighted by Crippen LogP contribution is -2.24. The summed E-state index contributed by atoms with van der Waals surface area (Å²) < 4.78 is 0. The van der Waals surface area contributed by atoms with Gasteiger partial charge >= 0.3 is 0 Å². The van der Waals surface area contributed by atoms with Gasteiger partial charge in [0.2, 0.25) is 0 Å². The molecule has 0 amide bonds. The van der Waals surface area contributed by atoms with Crippen LogP contribution in [0.3, 0.4) is 0 Å². The lowest BCUT2D eigenvalue weighted by molar-refractivity contribution is 0.291. The highest BCUT2D eigenvalue weighted by Crippen LogP contribution is 2.51. The van der Waals surface area contributed by atoms with Crippen LogP contribution in [0.15, 0.2) is 12.2 Å². The number of hydrogen-bond donors (Lipinski definition) is 0. The molecule has 0 spiro atoms. The molecule has 3 rings (SSSR count). The lowest BCUT2D eigenvalue weighted by atomic mass is 9.86. The van der Waals surface area contributed by atoms with Crippen molar-refractivity contribution in [3.05, 3.63) is 12.2 Å². The summed E-state index contributed by atoms with van der Waals surface area (Å²) in [5.74, 6) is 3.97. The number of hydrogen-bond acceptors (Lipinski definition) is 1. The van der Waals surface area contributed by atoms with Gasteiger partial charge in [0, 0.05) is 13.1 Å². The molecule has 1 saturated carbocycles. The molecule has 1 aliphatic heterocycles. The number of fused-ring (bicyclic) bond motifs is 5. The minimum Gasteiger partial charge on any atom is -0.303 e. The third-order valence-electron chi connectivity index (χ3n) is 5.07. The summed E-state index contributed by atoms with van der Waals surface area (Å²) in [5, 5.41) is 0. The molecule has 1 saturated heterocycles. The van der Waals surface area contributed by atoms with Crippen LogP contribution in [0.2, 0.25) is 0 Å². The predicted octanol–water partition coefficient (Wildman–Crippen LogP) is 3.32. The Bertz CT molecular complexity index is 251.